The van der Waals surface area contributed by atoms with Crippen molar-refractivity contribution in [3.8, 4) is 40.5 Å². The summed E-state index contributed by atoms with van der Waals surface area (Å²) in [6.45, 7) is 0.864. The van der Waals surface area contributed by atoms with Gasteiger partial charge in [-0.2, -0.15) is 10.4 Å². The highest BCUT2D eigenvalue weighted by molar-refractivity contribution is 5.93. The molecule has 0 radical (unpaired) electrons. The van der Waals surface area contributed by atoms with Crippen molar-refractivity contribution in [2.45, 2.75) is 12.5 Å². The summed E-state index contributed by atoms with van der Waals surface area (Å²) < 4.78 is 21.9. The van der Waals surface area contributed by atoms with Crippen LogP contribution in [0.25, 0.3) is 11.3 Å². The lowest BCUT2D eigenvalue weighted by Crippen LogP contribution is -2.31. The second-order valence-corrected chi connectivity index (χ2v) is 7.18. The summed E-state index contributed by atoms with van der Waals surface area (Å²) >= 11 is 0. The molecule has 2 aromatic heterocycles. The second kappa shape index (κ2) is 9.44. The van der Waals surface area contributed by atoms with Gasteiger partial charge in [-0.3, -0.25) is 9.89 Å². The molecule has 1 aromatic carbocycles. The van der Waals surface area contributed by atoms with Crippen LogP contribution in [0, 0.1) is 11.3 Å². The van der Waals surface area contributed by atoms with Gasteiger partial charge in [-0.1, -0.05) is 0 Å². The van der Waals surface area contributed by atoms with Crippen molar-refractivity contribution < 1.29 is 23.7 Å². The molecule has 11 nitrogen and oxygen atoms in total. The third kappa shape index (κ3) is 4.36. The maximum absolute atomic E-state index is 13.0. The molecular formula is C22H22N6O5. The third-order valence-electron chi connectivity index (χ3n) is 5.25. The maximum atomic E-state index is 13.0. The van der Waals surface area contributed by atoms with Crippen molar-refractivity contribution in [1.29, 1.82) is 5.26 Å². The van der Waals surface area contributed by atoms with E-state index in [0.717, 1.165) is 0 Å². The minimum atomic E-state index is -0.282. The van der Waals surface area contributed by atoms with E-state index in [0.29, 0.717) is 53.7 Å². The number of rotatable bonds is 7. The van der Waals surface area contributed by atoms with Gasteiger partial charge in [0, 0.05) is 30.9 Å². The number of benzene rings is 1. The molecule has 4 rings (SSSR count). The normalized spacial score (nSPS) is 15.1. The number of hydrogen-bond acceptors (Lipinski definition) is 9. The minimum absolute atomic E-state index is 0.117. The zero-order valence-corrected chi connectivity index (χ0v) is 18.4. The molecule has 0 bridgehead atoms. The molecule has 170 valence electrons. The van der Waals surface area contributed by atoms with Crippen LogP contribution in [0.3, 0.4) is 0 Å². The Bertz CT molecular complexity index is 1180. The van der Waals surface area contributed by atoms with E-state index in [-0.39, 0.29) is 23.6 Å². The van der Waals surface area contributed by atoms with Crippen LogP contribution in [0.2, 0.25) is 0 Å². The fourth-order valence-corrected chi connectivity index (χ4v) is 3.63. The maximum Gasteiger partial charge on any atom is 0.272 e. The minimum Gasteiger partial charge on any atom is -0.493 e. The molecule has 33 heavy (non-hydrogen) atoms. The van der Waals surface area contributed by atoms with E-state index in [2.05, 4.69) is 20.2 Å². The van der Waals surface area contributed by atoms with Gasteiger partial charge in [-0.15, -0.1) is 0 Å². The molecule has 1 unspecified atom stereocenters. The van der Waals surface area contributed by atoms with Gasteiger partial charge in [-0.25, -0.2) is 9.97 Å². The first-order chi connectivity index (χ1) is 16.1. The molecule has 1 aliphatic rings. The summed E-state index contributed by atoms with van der Waals surface area (Å²) in [5.74, 6) is 1.42. The van der Waals surface area contributed by atoms with Crippen molar-refractivity contribution >= 4 is 5.91 Å². The van der Waals surface area contributed by atoms with Crippen LogP contribution in [0.15, 0.2) is 30.6 Å². The standard InChI is InChI=1S/C22H22N6O5/c1-30-18-8-13(9-19(31-2)20(18)32-3)15-10-16(27-26-15)22(29)28-7-4-14(12-28)33-21-17(11-23)24-5-6-25-21/h5-6,8-10,14H,4,7,12H2,1-3H3,(H,26,27). The lowest BCUT2D eigenvalue weighted by atomic mass is 10.1. The van der Waals surface area contributed by atoms with Crippen LogP contribution in [0.1, 0.15) is 22.6 Å². The average Bonchev–Trinajstić information content (AvgIpc) is 3.53. The highest BCUT2D eigenvalue weighted by atomic mass is 16.5. The quantitative estimate of drug-likeness (QED) is 0.573. The Hall–Kier alpha value is -4.33. The molecule has 3 aromatic rings. The topological polar surface area (TPSA) is 135 Å². The number of likely N-dealkylation sites (tertiary alicyclic amines) is 1. The van der Waals surface area contributed by atoms with Crippen LogP contribution in [-0.4, -0.2) is 71.5 Å². The summed E-state index contributed by atoms with van der Waals surface area (Å²) in [6.07, 6.45) is 3.22. The number of hydrogen-bond donors (Lipinski definition) is 1. The number of aromatic amines is 1. The molecule has 0 spiro atoms. The lowest BCUT2D eigenvalue weighted by molar-refractivity contribution is 0.0765. The fraction of sp³-hybridized carbons (Fsp3) is 0.318. The summed E-state index contributed by atoms with van der Waals surface area (Å²) in [6, 6.07) is 7.15. The van der Waals surface area contributed by atoms with Crippen molar-refractivity contribution in [1.82, 2.24) is 25.1 Å². The van der Waals surface area contributed by atoms with E-state index in [1.54, 1.807) is 23.1 Å². The molecule has 1 fully saturated rings. The average molecular weight is 450 g/mol. The van der Waals surface area contributed by atoms with Crippen molar-refractivity contribution in [2.75, 3.05) is 34.4 Å². The SMILES string of the molecule is COc1cc(-c2cc(C(=O)N3CCC(Oc4nccnc4C#N)C3)[nH]n2)cc(OC)c1OC. The highest BCUT2D eigenvalue weighted by Crippen LogP contribution is 2.40. The highest BCUT2D eigenvalue weighted by Gasteiger charge is 2.30. The van der Waals surface area contributed by atoms with Crippen LogP contribution in [0.4, 0.5) is 0 Å². The molecule has 1 N–H and O–H groups in total. The molecule has 1 amide bonds. The van der Waals surface area contributed by atoms with Gasteiger partial charge in [0.25, 0.3) is 11.8 Å². The van der Waals surface area contributed by atoms with Gasteiger partial charge < -0.3 is 23.8 Å². The van der Waals surface area contributed by atoms with Crippen LogP contribution < -0.4 is 18.9 Å². The van der Waals surface area contributed by atoms with E-state index in [4.69, 9.17) is 24.2 Å². The first-order valence-corrected chi connectivity index (χ1v) is 10.1. The molecule has 0 aliphatic carbocycles. The predicted octanol–water partition coefficient (Wildman–Crippen LogP) is 2.06. The Balaban J connectivity index is 1.48. The second-order valence-electron chi connectivity index (χ2n) is 7.18. The number of amides is 1. The summed E-state index contributed by atoms with van der Waals surface area (Å²) in [5, 5.41) is 16.2. The summed E-state index contributed by atoms with van der Waals surface area (Å²) in [5.41, 5.74) is 1.72. The van der Waals surface area contributed by atoms with E-state index in [9.17, 15) is 4.79 Å². The van der Waals surface area contributed by atoms with E-state index in [1.807, 2.05) is 6.07 Å². The Morgan fingerprint density at radius 1 is 1.12 bits per heavy atom. The van der Waals surface area contributed by atoms with Crippen molar-refractivity contribution in [3.63, 3.8) is 0 Å². The number of carbonyl (C=O) groups is 1. The smallest absolute Gasteiger partial charge is 0.272 e. The summed E-state index contributed by atoms with van der Waals surface area (Å²) in [7, 11) is 4.60. The lowest BCUT2D eigenvalue weighted by Gasteiger charge is -2.16. The van der Waals surface area contributed by atoms with Gasteiger partial charge in [0.05, 0.1) is 33.6 Å². The van der Waals surface area contributed by atoms with Gasteiger partial charge in [0.1, 0.15) is 17.9 Å². The van der Waals surface area contributed by atoms with Crippen LogP contribution in [-0.2, 0) is 0 Å². The number of nitriles is 1. The molecule has 3 heterocycles. The number of nitrogens with one attached hydrogen (secondary N) is 1. The number of H-pyrrole nitrogens is 1. The number of carbonyl (C=O) groups excluding carboxylic acids is 1. The molecule has 1 aliphatic heterocycles. The summed E-state index contributed by atoms with van der Waals surface area (Å²) in [4.78, 5) is 22.7. The van der Waals surface area contributed by atoms with E-state index >= 15 is 0 Å². The Morgan fingerprint density at radius 2 is 1.85 bits per heavy atom. The number of nitrogens with zero attached hydrogens (tertiary/aromatic N) is 5. The van der Waals surface area contributed by atoms with Crippen molar-refractivity contribution in [3.05, 3.63) is 42.0 Å². The van der Waals surface area contributed by atoms with Gasteiger partial charge >= 0.3 is 0 Å². The zero-order chi connectivity index (χ0) is 23.4. The van der Waals surface area contributed by atoms with Gasteiger partial charge in [0.15, 0.2) is 11.5 Å². The molecule has 1 atom stereocenters. The Labute approximate surface area is 189 Å². The number of methoxy groups -OCH3 is 3. The van der Waals surface area contributed by atoms with Gasteiger partial charge in [0.2, 0.25) is 11.4 Å². The van der Waals surface area contributed by atoms with Crippen LogP contribution >= 0.6 is 0 Å². The van der Waals surface area contributed by atoms with E-state index < -0.39 is 0 Å². The Morgan fingerprint density at radius 3 is 2.52 bits per heavy atom. The van der Waals surface area contributed by atoms with Gasteiger partial charge in [-0.05, 0) is 18.2 Å². The van der Waals surface area contributed by atoms with Crippen molar-refractivity contribution in [2.24, 2.45) is 0 Å². The molecular weight excluding hydrogens is 428 g/mol. The number of aromatic nitrogens is 4. The molecule has 0 saturated carbocycles. The first kappa shape index (κ1) is 21.9. The Kier molecular flexibility index (Phi) is 6.26. The first-order valence-electron chi connectivity index (χ1n) is 10.1. The largest absolute Gasteiger partial charge is 0.493 e. The number of ether oxygens (including phenoxy) is 4. The van der Waals surface area contributed by atoms with E-state index in [1.165, 1.54) is 33.7 Å². The predicted molar refractivity (Wildman–Crippen MR) is 115 cm³/mol. The fourth-order valence-electron chi connectivity index (χ4n) is 3.63. The zero-order valence-electron chi connectivity index (χ0n) is 18.4. The van der Waals surface area contributed by atoms with Crippen LogP contribution in [0.5, 0.6) is 23.1 Å². The third-order valence-corrected chi connectivity index (χ3v) is 5.25. The monoisotopic (exact) mass is 450 g/mol. The molecule has 1 saturated heterocycles. The molecule has 11 heteroatoms.